The van der Waals surface area contributed by atoms with Crippen LogP contribution in [-0.4, -0.2) is 18.3 Å². The largest absolute Gasteiger partial charge is 0.494 e. The molecule has 0 atom stereocenters. The van der Waals surface area contributed by atoms with Crippen molar-refractivity contribution in [1.29, 1.82) is 0 Å². The quantitative estimate of drug-likeness (QED) is 0.781. The molecule has 0 radical (unpaired) electrons. The van der Waals surface area contributed by atoms with Crippen molar-refractivity contribution in [3.05, 3.63) is 53.3 Å². The smallest absolute Gasteiger partial charge is 0.234 e. The average molecular weight is 340 g/mol. The van der Waals surface area contributed by atoms with Crippen LogP contribution in [0.2, 0.25) is 5.02 Å². The van der Waals surface area contributed by atoms with Gasteiger partial charge in [-0.1, -0.05) is 11.6 Å². The fraction of sp³-hybridized carbons (Fsp3) is 0.188. The van der Waals surface area contributed by atoms with Gasteiger partial charge in [0, 0.05) is 10.6 Å². The van der Waals surface area contributed by atoms with Crippen molar-refractivity contribution in [1.82, 2.24) is 0 Å². The molecular formula is C16H15ClFNO2S. The number of carbonyl (C=O) groups is 1. The van der Waals surface area contributed by atoms with Gasteiger partial charge in [0.2, 0.25) is 5.91 Å². The van der Waals surface area contributed by atoms with E-state index in [1.807, 2.05) is 31.2 Å². The lowest BCUT2D eigenvalue weighted by Gasteiger charge is -2.07. The molecule has 0 bridgehead atoms. The van der Waals surface area contributed by atoms with E-state index in [1.54, 1.807) is 0 Å². The Morgan fingerprint density at radius 1 is 1.27 bits per heavy atom. The fourth-order valence-corrected chi connectivity index (χ4v) is 2.60. The fourth-order valence-electron chi connectivity index (χ4n) is 1.72. The van der Waals surface area contributed by atoms with E-state index in [0.29, 0.717) is 12.3 Å². The van der Waals surface area contributed by atoms with Gasteiger partial charge in [-0.25, -0.2) is 4.39 Å². The molecule has 0 unspecified atom stereocenters. The predicted molar refractivity (Wildman–Crippen MR) is 88.4 cm³/mol. The highest BCUT2D eigenvalue weighted by atomic mass is 35.5. The maximum atomic E-state index is 13.0. The number of nitrogens with one attached hydrogen (secondary N) is 1. The number of thioether (sulfide) groups is 1. The topological polar surface area (TPSA) is 38.3 Å². The Labute approximate surface area is 137 Å². The third-order valence-electron chi connectivity index (χ3n) is 2.71. The molecule has 0 aliphatic rings. The number of carbonyl (C=O) groups excluding carboxylic acids is 1. The van der Waals surface area contributed by atoms with Crippen LogP contribution in [-0.2, 0) is 4.79 Å². The Kier molecular flexibility index (Phi) is 6.10. The number of hydrogen-bond donors (Lipinski definition) is 1. The summed E-state index contributed by atoms with van der Waals surface area (Å²) in [4.78, 5) is 12.8. The normalized spacial score (nSPS) is 10.3. The molecule has 0 saturated carbocycles. The van der Waals surface area contributed by atoms with Gasteiger partial charge in [-0.3, -0.25) is 4.79 Å². The Balaban J connectivity index is 1.85. The van der Waals surface area contributed by atoms with Crippen molar-refractivity contribution in [2.24, 2.45) is 0 Å². The van der Waals surface area contributed by atoms with Gasteiger partial charge in [0.25, 0.3) is 0 Å². The second-order valence-electron chi connectivity index (χ2n) is 4.37. The monoisotopic (exact) mass is 339 g/mol. The van der Waals surface area contributed by atoms with E-state index in [2.05, 4.69) is 5.32 Å². The average Bonchev–Trinajstić information content (AvgIpc) is 2.51. The van der Waals surface area contributed by atoms with Crippen LogP contribution < -0.4 is 10.1 Å². The number of amides is 1. The van der Waals surface area contributed by atoms with E-state index < -0.39 is 5.82 Å². The van der Waals surface area contributed by atoms with Crippen LogP contribution in [0.3, 0.4) is 0 Å². The van der Waals surface area contributed by atoms with Gasteiger partial charge in [-0.2, -0.15) is 0 Å². The first kappa shape index (κ1) is 16.6. The maximum absolute atomic E-state index is 13.0. The highest BCUT2D eigenvalue weighted by molar-refractivity contribution is 8.00. The summed E-state index contributed by atoms with van der Waals surface area (Å²) in [5.74, 6) is 0.366. The van der Waals surface area contributed by atoms with Crippen molar-refractivity contribution in [3.8, 4) is 5.75 Å². The van der Waals surface area contributed by atoms with Crippen LogP contribution in [0, 0.1) is 5.82 Å². The number of ether oxygens (including phenoxy) is 1. The maximum Gasteiger partial charge on any atom is 0.234 e. The van der Waals surface area contributed by atoms with Crippen LogP contribution in [0.25, 0.3) is 0 Å². The molecule has 0 fully saturated rings. The molecule has 1 N–H and O–H groups in total. The van der Waals surface area contributed by atoms with Crippen molar-refractivity contribution in [2.75, 3.05) is 17.7 Å². The molecule has 0 heterocycles. The number of halogens is 2. The van der Waals surface area contributed by atoms with Crippen LogP contribution in [0.1, 0.15) is 6.92 Å². The van der Waals surface area contributed by atoms with E-state index >= 15 is 0 Å². The van der Waals surface area contributed by atoms with E-state index in [0.717, 1.165) is 10.6 Å². The highest BCUT2D eigenvalue weighted by Crippen LogP contribution is 2.23. The summed E-state index contributed by atoms with van der Waals surface area (Å²) in [6.07, 6.45) is 0. The van der Waals surface area contributed by atoms with Crippen LogP contribution in [0.15, 0.2) is 47.4 Å². The van der Waals surface area contributed by atoms with Crippen LogP contribution >= 0.6 is 23.4 Å². The molecule has 2 aromatic carbocycles. The molecule has 0 aliphatic carbocycles. The summed E-state index contributed by atoms with van der Waals surface area (Å²) in [5, 5.41) is 2.66. The van der Waals surface area contributed by atoms with Gasteiger partial charge in [0.15, 0.2) is 0 Å². The van der Waals surface area contributed by atoms with Crippen LogP contribution in [0.5, 0.6) is 5.75 Å². The van der Waals surface area contributed by atoms with Crippen molar-refractivity contribution in [3.63, 3.8) is 0 Å². The molecule has 0 aliphatic heterocycles. The third-order valence-corrected chi connectivity index (χ3v) is 4.01. The number of anilines is 1. The molecule has 2 rings (SSSR count). The first-order chi connectivity index (χ1) is 10.6. The molecule has 2 aromatic rings. The molecule has 22 heavy (non-hydrogen) atoms. The van der Waals surface area contributed by atoms with Crippen molar-refractivity contribution < 1.29 is 13.9 Å². The second kappa shape index (κ2) is 8.06. The first-order valence-electron chi connectivity index (χ1n) is 6.69. The predicted octanol–water partition coefficient (Wildman–Crippen LogP) is 4.61. The van der Waals surface area contributed by atoms with Crippen LogP contribution in [0.4, 0.5) is 10.1 Å². The standard InChI is InChI=1S/C16H15ClFNO2S/c1-2-21-12-4-6-13(7-5-12)22-10-16(20)19-11-3-8-15(18)14(17)9-11/h3-9H,2,10H2,1H3,(H,19,20). The Bertz CT molecular complexity index is 649. The van der Waals surface area contributed by atoms with Gasteiger partial charge < -0.3 is 10.1 Å². The van der Waals surface area contributed by atoms with Gasteiger partial charge >= 0.3 is 0 Å². The molecule has 1 amide bonds. The zero-order valence-corrected chi connectivity index (χ0v) is 13.5. The van der Waals surface area contributed by atoms with E-state index in [-0.39, 0.29) is 16.7 Å². The minimum absolute atomic E-state index is 0.0167. The van der Waals surface area contributed by atoms with Crippen molar-refractivity contribution >= 4 is 35.0 Å². The van der Waals surface area contributed by atoms with E-state index in [4.69, 9.17) is 16.3 Å². The van der Waals surface area contributed by atoms with Crippen molar-refractivity contribution in [2.45, 2.75) is 11.8 Å². The third kappa shape index (κ3) is 4.93. The molecule has 116 valence electrons. The van der Waals surface area contributed by atoms with Gasteiger partial charge in [-0.15, -0.1) is 11.8 Å². The molecule has 6 heteroatoms. The number of benzene rings is 2. The summed E-state index contributed by atoms with van der Waals surface area (Å²) in [7, 11) is 0. The van der Waals surface area contributed by atoms with Gasteiger partial charge in [0.05, 0.1) is 17.4 Å². The molecule has 0 aromatic heterocycles. The lowest BCUT2D eigenvalue weighted by atomic mass is 10.3. The second-order valence-corrected chi connectivity index (χ2v) is 5.83. The zero-order valence-electron chi connectivity index (χ0n) is 11.9. The molecule has 0 spiro atoms. The Morgan fingerprint density at radius 3 is 2.64 bits per heavy atom. The SMILES string of the molecule is CCOc1ccc(SCC(=O)Nc2ccc(F)c(Cl)c2)cc1. The van der Waals surface area contributed by atoms with Gasteiger partial charge in [0.1, 0.15) is 11.6 Å². The lowest BCUT2D eigenvalue weighted by Crippen LogP contribution is -2.13. The molecule has 3 nitrogen and oxygen atoms in total. The highest BCUT2D eigenvalue weighted by Gasteiger charge is 2.06. The van der Waals surface area contributed by atoms with E-state index in [9.17, 15) is 9.18 Å². The number of hydrogen-bond acceptors (Lipinski definition) is 3. The minimum atomic E-state index is -0.511. The lowest BCUT2D eigenvalue weighted by molar-refractivity contribution is -0.113. The molecular weight excluding hydrogens is 325 g/mol. The van der Waals surface area contributed by atoms with Gasteiger partial charge in [-0.05, 0) is 49.4 Å². The summed E-state index contributed by atoms with van der Waals surface area (Å²) < 4.78 is 18.4. The van der Waals surface area contributed by atoms with E-state index in [1.165, 1.54) is 30.0 Å². The summed E-state index contributed by atoms with van der Waals surface area (Å²) in [6, 6.07) is 11.6. The Hall–Kier alpha value is -1.72. The summed E-state index contributed by atoms with van der Waals surface area (Å²) in [5.41, 5.74) is 0.476. The summed E-state index contributed by atoms with van der Waals surface area (Å²) >= 11 is 7.07. The first-order valence-corrected chi connectivity index (χ1v) is 8.05. The minimum Gasteiger partial charge on any atom is -0.494 e. The summed E-state index contributed by atoms with van der Waals surface area (Å²) in [6.45, 7) is 2.55. The zero-order chi connectivity index (χ0) is 15.9. The number of rotatable bonds is 6. The Morgan fingerprint density at radius 2 is 2.00 bits per heavy atom. The molecule has 0 saturated heterocycles.